The van der Waals surface area contributed by atoms with E-state index in [-0.39, 0.29) is 11.6 Å². The number of amides is 2. The molecule has 0 radical (unpaired) electrons. The first kappa shape index (κ1) is 22.2. The minimum absolute atomic E-state index is 0.200. The van der Waals surface area contributed by atoms with Crippen molar-refractivity contribution in [3.63, 3.8) is 0 Å². The normalized spacial score (nSPS) is 14.9. The molecule has 170 valence electrons. The largest absolute Gasteiger partial charge is 0.492 e. The van der Waals surface area contributed by atoms with Gasteiger partial charge in [-0.3, -0.25) is 20.0 Å². The Hall–Kier alpha value is -4.03. The zero-order valence-electron chi connectivity index (χ0n) is 18.4. The van der Waals surface area contributed by atoms with E-state index in [1.165, 1.54) is 0 Å². The number of rotatable bonds is 8. The number of aryl methyl sites for hydroxylation is 1. The number of hydrazine groups is 2. The summed E-state index contributed by atoms with van der Waals surface area (Å²) in [5, 5.41) is 16.7. The van der Waals surface area contributed by atoms with Gasteiger partial charge in [0.1, 0.15) is 17.5 Å². The van der Waals surface area contributed by atoms with Crippen LogP contribution in [0.15, 0.2) is 54.4 Å². The molecule has 4 rings (SSSR count). The third-order valence-corrected chi connectivity index (χ3v) is 5.59. The van der Waals surface area contributed by atoms with E-state index in [2.05, 4.69) is 34.6 Å². The molecule has 2 aromatic rings. The first-order chi connectivity index (χ1) is 16.1. The van der Waals surface area contributed by atoms with E-state index in [0.717, 1.165) is 29.5 Å². The number of para-hydroxylation sites is 1. The minimum Gasteiger partial charge on any atom is -0.492 e. The number of fused-ring (bicyclic) bond motifs is 1. The van der Waals surface area contributed by atoms with Crippen LogP contribution in [0.3, 0.4) is 0 Å². The molecule has 2 aliphatic heterocycles. The number of nitrogens with zero attached hydrogens (tertiary/aromatic N) is 2. The second-order valence-corrected chi connectivity index (χ2v) is 7.75. The first-order valence-corrected chi connectivity index (χ1v) is 10.9. The third-order valence-electron chi connectivity index (χ3n) is 5.59. The number of nitrogens with one attached hydrogen (secondary N) is 4. The van der Waals surface area contributed by atoms with E-state index in [9.17, 15) is 14.9 Å². The van der Waals surface area contributed by atoms with Crippen LogP contribution < -0.4 is 26.3 Å². The molecule has 33 heavy (non-hydrogen) atoms. The molecule has 9 nitrogen and oxygen atoms in total. The maximum Gasteiger partial charge on any atom is 0.271 e. The molecule has 4 N–H and O–H groups in total. The molecule has 0 aliphatic carbocycles. The van der Waals surface area contributed by atoms with Gasteiger partial charge in [0.05, 0.1) is 24.8 Å². The van der Waals surface area contributed by atoms with Crippen LogP contribution in [0.4, 0.5) is 0 Å². The Kier molecular flexibility index (Phi) is 6.76. The van der Waals surface area contributed by atoms with Crippen molar-refractivity contribution in [2.45, 2.75) is 25.8 Å². The zero-order chi connectivity index (χ0) is 23.2. The summed E-state index contributed by atoms with van der Waals surface area (Å²) in [6.45, 7) is 3.43. The summed E-state index contributed by atoms with van der Waals surface area (Å²) in [7, 11) is 0. The maximum atomic E-state index is 12.6. The molecule has 0 aromatic heterocycles. The summed E-state index contributed by atoms with van der Waals surface area (Å²) in [5.41, 5.74) is 9.40. The Morgan fingerprint density at radius 2 is 2.03 bits per heavy atom. The lowest BCUT2D eigenvalue weighted by atomic mass is 10.0. The highest BCUT2D eigenvalue weighted by Crippen LogP contribution is 2.29. The van der Waals surface area contributed by atoms with E-state index in [1.54, 1.807) is 17.3 Å². The molecule has 9 heteroatoms. The van der Waals surface area contributed by atoms with Crippen LogP contribution in [0.2, 0.25) is 0 Å². The first-order valence-electron chi connectivity index (χ1n) is 10.9. The van der Waals surface area contributed by atoms with Crippen LogP contribution >= 0.6 is 0 Å². The Morgan fingerprint density at radius 3 is 2.79 bits per heavy atom. The highest BCUT2D eigenvalue weighted by molar-refractivity contribution is 5.97. The number of nitriles is 1. The second-order valence-electron chi connectivity index (χ2n) is 7.75. The van der Waals surface area contributed by atoms with Crippen molar-refractivity contribution < 1.29 is 14.3 Å². The highest BCUT2D eigenvalue weighted by Gasteiger charge is 2.23. The molecule has 0 bridgehead atoms. The lowest BCUT2D eigenvalue weighted by Crippen LogP contribution is -2.42. The van der Waals surface area contributed by atoms with E-state index < -0.39 is 11.9 Å². The van der Waals surface area contributed by atoms with Crippen LogP contribution in [0.25, 0.3) is 0 Å². The van der Waals surface area contributed by atoms with Gasteiger partial charge in [-0.25, -0.2) is 0 Å². The molecule has 0 fully saturated rings. The molecule has 0 spiro atoms. The summed E-state index contributed by atoms with van der Waals surface area (Å²) in [4.78, 5) is 25.1. The van der Waals surface area contributed by atoms with Crippen LogP contribution in [-0.2, 0) is 17.6 Å². The van der Waals surface area contributed by atoms with Gasteiger partial charge in [0.2, 0.25) is 0 Å². The third kappa shape index (κ3) is 5.07. The smallest absolute Gasteiger partial charge is 0.271 e. The fraction of sp³-hybridized carbons (Fsp3) is 0.292. The molecule has 2 heterocycles. The standard InChI is InChI=1S/C24H26N6O3/c1-2-16-6-8-17(9-7-16)20(14-25)27-24(32)21-15-30(29-28-21)12-11-26-23(31)19-5-3-4-18-10-13-33-22(18)19/h3-9,15,20,28-29H,2,10-13H2,1H3,(H,26,31)(H,27,32). The summed E-state index contributed by atoms with van der Waals surface area (Å²) < 4.78 is 5.58. The van der Waals surface area contributed by atoms with Crippen molar-refractivity contribution in [3.05, 3.63) is 76.6 Å². The lowest BCUT2D eigenvalue weighted by molar-refractivity contribution is -0.118. The van der Waals surface area contributed by atoms with Crippen molar-refractivity contribution in [1.29, 1.82) is 5.26 Å². The Morgan fingerprint density at radius 1 is 1.21 bits per heavy atom. The molecule has 2 aliphatic rings. The van der Waals surface area contributed by atoms with Crippen LogP contribution in [0.5, 0.6) is 5.75 Å². The molecule has 0 saturated heterocycles. The average molecular weight is 447 g/mol. The van der Waals surface area contributed by atoms with Gasteiger partial charge in [-0.2, -0.15) is 5.26 Å². The Bertz CT molecular complexity index is 1110. The zero-order valence-corrected chi connectivity index (χ0v) is 18.4. The van der Waals surface area contributed by atoms with Gasteiger partial charge in [0, 0.05) is 19.2 Å². The summed E-state index contributed by atoms with van der Waals surface area (Å²) >= 11 is 0. The number of ether oxygens (including phenoxy) is 1. The predicted molar refractivity (Wildman–Crippen MR) is 121 cm³/mol. The fourth-order valence-electron chi connectivity index (χ4n) is 3.71. The molecule has 2 aromatic carbocycles. The summed E-state index contributed by atoms with van der Waals surface area (Å²) in [5.74, 6) is 0.0529. The topological polar surface area (TPSA) is 119 Å². The number of hydrogen-bond donors (Lipinski definition) is 4. The monoisotopic (exact) mass is 446 g/mol. The van der Waals surface area contributed by atoms with Gasteiger partial charge in [0.25, 0.3) is 11.8 Å². The van der Waals surface area contributed by atoms with Crippen LogP contribution in [-0.4, -0.2) is 36.5 Å². The fourth-order valence-corrected chi connectivity index (χ4v) is 3.71. The number of hydrogen-bond acceptors (Lipinski definition) is 7. The molecule has 1 atom stereocenters. The number of carbonyl (C=O) groups is 2. The lowest BCUT2D eigenvalue weighted by Gasteiger charge is -2.15. The van der Waals surface area contributed by atoms with Gasteiger partial charge in [-0.15, -0.1) is 5.53 Å². The Balaban J connectivity index is 1.28. The van der Waals surface area contributed by atoms with E-state index in [4.69, 9.17) is 4.74 Å². The van der Waals surface area contributed by atoms with E-state index in [1.807, 2.05) is 36.4 Å². The summed E-state index contributed by atoms with van der Waals surface area (Å²) in [6.07, 6.45) is 3.32. The second kappa shape index (κ2) is 10.1. The molecular weight excluding hydrogens is 420 g/mol. The Labute approximate surface area is 192 Å². The van der Waals surface area contributed by atoms with Crippen molar-refractivity contribution in [2.75, 3.05) is 19.7 Å². The van der Waals surface area contributed by atoms with Gasteiger partial charge in [-0.05, 0) is 29.2 Å². The molecule has 2 amide bonds. The number of benzene rings is 2. The quantitative estimate of drug-likeness (QED) is 0.485. The molecule has 0 saturated carbocycles. The van der Waals surface area contributed by atoms with Crippen molar-refractivity contribution in [2.24, 2.45) is 0 Å². The van der Waals surface area contributed by atoms with E-state index >= 15 is 0 Å². The van der Waals surface area contributed by atoms with Gasteiger partial charge in [-0.1, -0.05) is 43.3 Å². The average Bonchev–Trinajstić information content (AvgIpc) is 3.52. The summed E-state index contributed by atoms with van der Waals surface area (Å²) in [6, 6.07) is 14.5. The number of carbonyl (C=O) groups excluding carboxylic acids is 2. The molecule has 1 unspecified atom stereocenters. The predicted octanol–water partition coefficient (Wildman–Crippen LogP) is 1.46. The maximum absolute atomic E-state index is 12.6. The van der Waals surface area contributed by atoms with Crippen LogP contribution in [0, 0.1) is 11.3 Å². The minimum atomic E-state index is -0.755. The van der Waals surface area contributed by atoms with Crippen LogP contribution in [0.1, 0.15) is 40.0 Å². The SMILES string of the molecule is CCc1ccc(C(C#N)NC(=O)C2=CN(CCNC(=O)c3cccc4c3OCC4)NN2)cc1. The van der Waals surface area contributed by atoms with E-state index in [0.29, 0.717) is 31.0 Å². The van der Waals surface area contributed by atoms with Crippen molar-refractivity contribution in [1.82, 2.24) is 26.6 Å². The van der Waals surface area contributed by atoms with Gasteiger partial charge < -0.3 is 15.4 Å². The molecular formula is C24H26N6O3. The van der Waals surface area contributed by atoms with Crippen molar-refractivity contribution in [3.8, 4) is 11.8 Å². The van der Waals surface area contributed by atoms with Gasteiger partial charge >= 0.3 is 0 Å². The highest BCUT2D eigenvalue weighted by atomic mass is 16.5. The van der Waals surface area contributed by atoms with Gasteiger partial charge in [0.15, 0.2) is 0 Å². The van der Waals surface area contributed by atoms with Crippen molar-refractivity contribution >= 4 is 11.8 Å².